The zero-order valence-corrected chi connectivity index (χ0v) is 8.52. The Bertz CT molecular complexity index is 306. The molecule has 0 saturated carbocycles. The number of rotatable bonds is 6. The Kier molecular flexibility index (Phi) is 5.01. The smallest absolute Gasteiger partial charge is 0.330 e. The van der Waals surface area contributed by atoms with Crippen LogP contribution in [0.1, 0.15) is 6.42 Å². The van der Waals surface area contributed by atoms with Crippen molar-refractivity contribution >= 4 is 5.97 Å². The van der Waals surface area contributed by atoms with Crippen molar-refractivity contribution in [1.29, 1.82) is 0 Å². The fourth-order valence-corrected chi connectivity index (χ4v) is 0.997. The predicted octanol–water partition coefficient (Wildman–Crippen LogP) is 2.18. The van der Waals surface area contributed by atoms with E-state index in [2.05, 4.69) is 6.58 Å². The summed E-state index contributed by atoms with van der Waals surface area (Å²) < 4.78 is 10.2. The van der Waals surface area contributed by atoms with Crippen molar-refractivity contribution in [1.82, 2.24) is 0 Å². The van der Waals surface area contributed by atoms with Gasteiger partial charge in [0.1, 0.15) is 5.75 Å². The largest absolute Gasteiger partial charge is 0.493 e. The van der Waals surface area contributed by atoms with Gasteiger partial charge < -0.3 is 9.47 Å². The number of hydrogen-bond donors (Lipinski definition) is 0. The van der Waals surface area contributed by atoms with Crippen LogP contribution >= 0.6 is 0 Å². The van der Waals surface area contributed by atoms with Gasteiger partial charge in [0, 0.05) is 12.5 Å². The van der Waals surface area contributed by atoms with Crippen LogP contribution in [-0.4, -0.2) is 19.2 Å². The number of hydrogen-bond acceptors (Lipinski definition) is 3. The molecular formula is C12H14O3. The van der Waals surface area contributed by atoms with E-state index in [0.717, 1.165) is 11.8 Å². The average Bonchev–Trinajstić information content (AvgIpc) is 2.29. The summed E-state index contributed by atoms with van der Waals surface area (Å²) in [6, 6.07) is 9.52. The van der Waals surface area contributed by atoms with Gasteiger partial charge in [-0.05, 0) is 12.1 Å². The molecule has 0 aliphatic heterocycles. The second kappa shape index (κ2) is 6.65. The lowest BCUT2D eigenvalue weighted by Gasteiger charge is -2.05. The SMILES string of the molecule is C=CC(=O)OCCCOc1ccccc1. The van der Waals surface area contributed by atoms with Crippen LogP contribution in [0.5, 0.6) is 5.75 Å². The molecule has 0 heterocycles. The third-order valence-electron chi connectivity index (χ3n) is 1.71. The van der Waals surface area contributed by atoms with Crippen molar-refractivity contribution in [2.45, 2.75) is 6.42 Å². The highest BCUT2D eigenvalue weighted by atomic mass is 16.5. The zero-order chi connectivity index (χ0) is 10.9. The molecule has 1 aromatic carbocycles. The summed E-state index contributed by atoms with van der Waals surface area (Å²) in [5.41, 5.74) is 0. The summed E-state index contributed by atoms with van der Waals surface area (Å²) in [6.45, 7) is 4.20. The van der Waals surface area contributed by atoms with Crippen LogP contribution in [0.15, 0.2) is 43.0 Å². The minimum absolute atomic E-state index is 0.359. The molecule has 3 heteroatoms. The number of benzene rings is 1. The second-order valence-electron chi connectivity index (χ2n) is 2.89. The number of ether oxygens (including phenoxy) is 2. The first-order valence-corrected chi connectivity index (χ1v) is 4.80. The van der Waals surface area contributed by atoms with E-state index in [4.69, 9.17) is 9.47 Å². The first-order chi connectivity index (χ1) is 7.33. The Hall–Kier alpha value is -1.77. The van der Waals surface area contributed by atoms with Crippen LogP contribution in [0.3, 0.4) is 0 Å². The van der Waals surface area contributed by atoms with Gasteiger partial charge in [0.25, 0.3) is 0 Å². The number of esters is 1. The van der Waals surface area contributed by atoms with Crippen molar-refractivity contribution in [2.75, 3.05) is 13.2 Å². The molecule has 0 amide bonds. The summed E-state index contributed by atoms with van der Waals surface area (Å²) >= 11 is 0. The zero-order valence-electron chi connectivity index (χ0n) is 8.52. The fourth-order valence-electron chi connectivity index (χ4n) is 0.997. The summed E-state index contributed by atoms with van der Waals surface area (Å²) in [6.07, 6.45) is 1.83. The summed E-state index contributed by atoms with van der Waals surface area (Å²) in [5.74, 6) is 0.433. The topological polar surface area (TPSA) is 35.5 Å². The molecule has 0 bridgehead atoms. The summed E-state index contributed by atoms with van der Waals surface area (Å²) in [4.78, 5) is 10.7. The van der Waals surface area contributed by atoms with Crippen LogP contribution in [0.4, 0.5) is 0 Å². The van der Waals surface area contributed by atoms with Gasteiger partial charge in [0.05, 0.1) is 13.2 Å². The molecule has 80 valence electrons. The molecule has 0 fully saturated rings. The van der Waals surface area contributed by atoms with E-state index >= 15 is 0 Å². The Morgan fingerprint density at radius 1 is 1.27 bits per heavy atom. The van der Waals surface area contributed by atoms with E-state index in [1.54, 1.807) is 0 Å². The van der Waals surface area contributed by atoms with Gasteiger partial charge in [-0.2, -0.15) is 0 Å². The molecular weight excluding hydrogens is 192 g/mol. The van der Waals surface area contributed by atoms with Crippen molar-refractivity contribution < 1.29 is 14.3 Å². The molecule has 0 spiro atoms. The highest BCUT2D eigenvalue weighted by molar-refractivity contribution is 5.81. The quantitative estimate of drug-likeness (QED) is 0.406. The Morgan fingerprint density at radius 2 is 2.00 bits per heavy atom. The van der Waals surface area contributed by atoms with Gasteiger partial charge >= 0.3 is 5.97 Å². The fraction of sp³-hybridized carbons (Fsp3) is 0.250. The standard InChI is InChI=1S/C12H14O3/c1-2-12(13)15-10-6-9-14-11-7-4-3-5-8-11/h2-5,7-8H,1,6,9-10H2. The maximum atomic E-state index is 10.7. The third kappa shape index (κ3) is 4.86. The monoisotopic (exact) mass is 206 g/mol. The molecule has 3 nitrogen and oxygen atoms in total. The van der Waals surface area contributed by atoms with Gasteiger partial charge in [0.15, 0.2) is 0 Å². The van der Waals surface area contributed by atoms with E-state index in [1.165, 1.54) is 0 Å². The van der Waals surface area contributed by atoms with E-state index in [0.29, 0.717) is 19.6 Å². The number of carbonyl (C=O) groups excluding carboxylic acids is 1. The van der Waals surface area contributed by atoms with Crippen LogP contribution in [0, 0.1) is 0 Å². The Morgan fingerprint density at radius 3 is 2.67 bits per heavy atom. The molecule has 0 saturated heterocycles. The van der Waals surface area contributed by atoms with Crippen LogP contribution in [-0.2, 0) is 9.53 Å². The Labute approximate surface area is 89.3 Å². The maximum absolute atomic E-state index is 10.7. The molecule has 0 aromatic heterocycles. The molecule has 0 aliphatic rings. The van der Waals surface area contributed by atoms with Crippen molar-refractivity contribution in [3.63, 3.8) is 0 Å². The van der Waals surface area contributed by atoms with Crippen molar-refractivity contribution in [2.24, 2.45) is 0 Å². The highest BCUT2D eigenvalue weighted by Crippen LogP contribution is 2.08. The number of para-hydroxylation sites is 1. The van der Waals surface area contributed by atoms with Crippen molar-refractivity contribution in [3.05, 3.63) is 43.0 Å². The van der Waals surface area contributed by atoms with Gasteiger partial charge in [0.2, 0.25) is 0 Å². The minimum Gasteiger partial charge on any atom is -0.493 e. The molecule has 1 aromatic rings. The second-order valence-corrected chi connectivity index (χ2v) is 2.89. The highest BCUT2D eigenvalue weighted by Gasteiger charge is 1.95. The molecule has 15 heavy (non-hydrogen) atoms. The molecule has 1 rings (SSSR count). The molecule has 0 N–H and O–H groups in total. The van der Waals surface area contributed by atoms with Gasteiger partial charge in [-0.25, -0.2) is 4.79 Å². The summed E-state index contributed by atoms with van der Waals surface area (Å²) in [7, 11) is 0. The van der Waals surface area contributed by atoms with E-state index in [1.807, 2.05) is 30.3 Å². The van der Waals surface area contributed by atoms with Crippen molar-refractivity contribution in [3.8, 4) is 5.75 Å². The molecule has 0 radical (unpaired) electrons. The molecule has 0 unspecified atom stereocenters. The Balaban J connectivity index is 2.07. The van der Waals surface area contributed by atoms with Crippen LogP contribution in [0.2, 0.25) is 0 Å². The average molecular weight is 206 g/mol. The maximum Gasteiger partial charge on any atom is 0.330 e. The van der Waals surface area contributed by atoms with E-state index in [9.17, 15) is 4.79 Å². The lowest BCUT2D eigenvalue weighted by molar-refractivity contribution is -0.137. The molecule has 0 atom stereocenters. The lowest BCUT2D eigenvalue weighted by atomic mass is 10.3. The van der Waals surface area contributed by atoms with Crippen LogP contribution in [0.25, 0.3) is 0 Å². The third-order valence-corrected chi connectivity index (χ3v) is 1.71. The minimum atomic E-state index is -0.394. The first kappa shape index (κ1) is 11.3. The van der Waals surface area contributed by atoms with Gasteiger partial charge in [-0.1, -0.05) is 24.8 Å². The van der Waals surface area contributed by atoms with Gasteiger partial charge in [-0.15, -0.1) is 0 Å². The number of carbonyl (C=O) groups is 1. The first-order valence-electron chi connectivity index (χ1n) is 4.80. The predicted molar refractivity (Wildman–Crippen MR) is 57.7 cm³/mol. The van der Waals surface area contributed by atoms with E-state index < -0.39 is 5.97 Å². The van der Waals surface area contributed by atoms with E-state index in [-0.39, 0.29) is 0 Å². The summed E-state index contributed by atoms with van der Waals surface area (Å²) in [5, 5.41) is 0. The van der Waals surface area contributed by atoms with Crippen LogP contribution < -0.4 is 4.74 Å². The van der Waals surface area contributed by atoms with Gasteiger partial charge in [-0.3, -0.25) is 0 Å². The normalized spacial score (nSPS) is 9.33. The molecule has 0 aliphatic carbocycles. The lowest BCUT2D eigenvalue weighted by Crippen LogP contribution is -2.06.